The number of pyridine rings is 1. The quantitative estimate of drug-likeness (QED) is 0.151. The number of nitrogens with two attached hydrogens (primary N) is 1. The van der Waals surface area contributed by atoms with Crippen LogP contribution in [0.4, 0.5) is 17.1 Å². The molecule has 0 radical (unpaired) electrons. The van der Waals surface area contributed by atoms with E-state index in [9.17, 15) is 0 Å². The van der Waals surface area contributed by atoms with Crippen LogP contribution in [-0.2, 0) is 0 Å². The second-order valence-corrected chi connectivity index (χ2v) is 8.73. The maximum absolute atomic E-state index is 6.33. The number of hydrogen-bond donors (Lipinski definition) is 4. The van der Waals surface area contributed by atoms with Crippen molar-refractivity contribution in [3.05, 3.63) is 78.0 Å². The molecule has 5 rings (SSSR count). The van der Waals surface area contributed by atoms with E-state index in [4.69, 9.17) is 5.73 Å². The van der Waals surface area contributed by atoms with Gasteiger partial charge in [-0.2, -0.15) is 0 Å². The van der Waals surface area contributed by atoms with E-state index < -0.39 is 0 Å². The van der Waals surface area contributed by atoms with Gasteiger partial charge in [0.2, 0.25) is 0 Å². The average molecular weight is 443 g/mol. The highest BCUT2D eigenvalue weighted by molar-refractivity contribution is 7.80. The summed E-state index contributed by atoms with van der Waals surface area (Å²) in [7, 11) is 0. The van der Waals surface area contributed by atoms with E-state index in [0.717, 1.165) is 38.3 Å². The number of nitrogen functional groups attached to an aromatic ring is 1. The molecule has 0 unspecified atom stereocenters. The molecule has 3 aromatic carbocycles. The summed E-state index contributed by atoms with van der Waals surface area (Å²) in [4.78, 5) is 5.48. The number of hydrogen-bond acceptors (Lipinski definition) is 5. The third-order valence-electron chi connectivity index (χ3n) is 6.05. The SMILES string of the molecule is C1CCC1.Cc1cccc(-c2ccc(NNc3cc(S)c4ccccc4c3N)cn2)c1C. The van der Waals surface area contributed by atoms with E-state index in [1.165, 1.54) is 36.8 Å². The highest BCUT2D eigenvalue weighted by atomic mass is 32.1. The highest BCUT2D eigenvalue weighted by Crippen LogP contribution is 2.33. The van der Waals surface area contributed by atoms with Gasteiger partial charge in [0, 0.05) is 15.8 Å². The van der Waals surface area contributed by atoms with Crippen LogP contribution in [-0.4, -0.2) is 4.98 Å². The molecule has 0 amide bonds. The zero-order valence-corrected chi connectivity index (χ0v) is 19.5. The summed E-state index contributed by atoms with van der Waals surface area (Å²) in [6.07, 6.45) is 7.81. The Morgan fingerprint density at radius 2 is 1.56 bits per heavy atom. The van der Waals surface area contributed by atoms with Crippen molar-refractivity contribution in [2.45, 2.75) is 44.4 Å². The molecular formula is C27H30N4S. The standard InChI is InChI=1S/C23H22N4S.C4H8/c1-14-6-5-9-17(15(14)2)20-11-10-16(13-25-20)26-27-21-12-22(28)18-7-3-4-8-19(18)23(21)24;1-2-4-3-1/h3-13,26-28H,24H2,1-2H3;1-4H2. The number of rotatable bonds is 4. The maximum atomic E-state index is 6.33. The Labute approximate surface area is 195 Å². The molecule has 1 aliphatic rings. The van der Waals surface area contributed by atoms with E-state index in [1.54, 1.807) is 0 Å². The third-order valence-corrected chi connectivity index (χ3v) is 6.42. The molecule has 32 heavy (non-hydrogen) atoms. The van der Waals surface area contributed by atoms with Crippen molar-refractivity contribution in [2.75, 3.05) is 16.6 Å². The Bertz CT molecular complexity index is 1210. The van der Waals surface area contributed by atoms with Gasteiger partial charge >= 0.3 is 0 Å². The second-order valence-electron chi connectivity index (χ2n) is 8.25. The maximum Gasteiger partial charge on any atom is 0.0786 e. The molecule has 1 aromatic heterocycles. The predicted octanol–water partition coefficient (Wildman–Crippen LogP) is 7.39. The van der Waals surface area contributed by atoms with Crippen LogP contribution in [0.3, 0.4) is 0 Å². The van der Waals surface area contributed by atoms with Crippen molar-refractivity contribution in [1.82, 2.24) is 4.98 Å². The van der Waals surface area contributed by atoms with Crippen molar-refractivity contribution in [3.8, 4) is 11.3 Å². The molecule has 164 valence electrons. The molecule has 1 heterocycles. The summed E-state index contributed by atoms with van der Waals surface area (Å²) in [5, 5.41) is 2.01. The van der Waals surface area contributed by atoms with Crippen molar-refractivity contribution in [3.63, 3.8) is 0 Å². The van der Waals surface area contributed by atoms with Gasteiger partial charge in [-0.15, -0.1) is 12.6 Å². The topological polar surface area (TPSA) is 63.0 Å². The molecule has 4 N–H and O–H groups in total. The molecule has 0 atom stereocenters. The Balaban J connectivity index is 0.000000552. The number of nitrogens with zero attached hydrogens (tertiary/aromatic N) is 1. The normalized spacial score (nSPS) is 12.5. The van der Waals surface area contributed by atoms with Gasteiger partial charge in [-0.05, 0) is 48.6 Å². The minimum atomic E-state index is 0.681. The summed E-state index contributed by atoms with van der Waals surface area (Å²) in [5.41, 5.74) is 19.6. The monoisotopic (exact) mass is 442 g/mol. The number of aromatic nitrogens is 1. The van der Waals surface area contributed by atoms with Crippen LogP contribution >= 0.6 is 12.6 Å². The second kappa shape index (κ2) is 9.96. The first-order chi connectivity index (χ1) is 15.5. The van der Waals surface area contributed by atoms with Gasteiger partial charge < -0.3 is 5.73 Å². The number of anilines is 3. The first-order valence-electron chi connectivity index (χ1n) is 11.1. The van der Waals surface area contributed by atoms with Gasteiger partial charge in [-0.1, -0.05) is 68.1 Å². The van der Waals surface area contributed by atoms with Gasteiger partial charge in [0.05, 0.1) is 29.0 Å². The zero-order valence-electron chi connectivity index (χ0n) is 18.7. The number of nitrogens with one attached hydrogen (secondary N) is 2. The molecule has 0 aliphatic heterocycles. The van der Waals surface area contributed by atoms with Crippen LogP contribution in [0.5, 0.6) is 0 Å². The Hall–Kier alpha value is -3.18. The molecule has 1 fully saturated rings. The lowest BCUT2D eigenvalue weighted by atomic mass is 10.0. The van der Waals surface area contributed by atoms with Gasteiger partial charge in [-0.25, -0.2) is 0 Å². The fourth-order valence-electron chi connectivity index (χ4n) is 3.53. The van der Waals surface area contributed by atoms with E-state index in [-0.39, 0.29) is 0 Å². The van der Waals surface area contributed by atoms with Crippen LogP contribution in [0.15, 0.2) is 71.8 Å². The molecule has 5 heteroatoms. The number of thiol groups is 1. The molecular weight excluding hydrogens is 412 g/mol. The molecule has 0 spiro atoms. The molecule has 1 saturated carbocycles. The molecule has 1 aliphatic carbocycles. The van der Waals surface area contributed by atoms with Gasteiger partial charge in [0.1, 0.15) is 0 Å². The first kappa shape index (κ1) is 22.0. The number of hydrazine groups is 1. The van der Waals surface area contributed by atoms with E-state index in [1.807, 2.05) is 48.7 Å². The number of fused-ring (bicyclic) bond motifs is 1. The molecule has 0 saturated heterocycles. The smallest absolute Gasteiger partial charge is 0.0786 e. The Morgan fingerprint density at radius 1 is 0.844 bits per heavy atom. The number of benzene rings is 3. The van der Waals surface area contributed by atoms with Gasteiger partial charge in [-0.3, -0.25) is 15.8 Å². The lowest BCUT2D eigenvalue weighted by molar-refractivity contribution is 0.504. The van der Waals surface area contributed by atoms with E-state index >= 15 is 0 Å². The zero-order chi connectivity index (χ0) is 22.5. The fraction of sp³-hybridized carbons (Fsp3) is 0.222. The summed E-state index contributed by atoms with van der Waals surface area (Å²) >= 11 is 4.58. The van der Waals surface area contributed by atoms with Crippen LogP contribution in [0.25, 0.3) is 22.0 Å². The van der Waals surface area contributed by atoms with Crippen molar-refractivity contribution < 1.29 is 0 Å². The first-order valence-corrected chi connectivity index (χ1v) is 11.5. The van der Waals surface area contributed by atoms with E-state index in [0.29, 0.717) is 5.69 Å². The average Bonchev–Trinajstić information content (AvgIpc) is 2.76. The van der Waals surface area contributed by atoms with Gasteiger partial charge in [0.25, 0.3) is 0 Å². The highest BCUT2D eigenvalue weighted by Gasteiger charge is 2.08. The van der Waals surface area contributed by atoms with Crippen molar-refractivity contribution in [1.29, 1.82) is 0 Å². The van der Waals surface area contributed by atoms with Crippen molar-refractivity contribution >= 4 is 40.5 Å². The largest absolute Gasteiger partial charge is 0.396 e. The summed E-state index contributed by atoms with van der Waals surface area (Å²) < 4.78 is 0. The van der Waals surface area contributed by atoms with Crippen LogP contribution in [0.1, 0.15) is 36.8 Å². The van der Waals surface area contributed by atoms with Crippen LogP contribution in [0, 0.1) is 13.8 Å². The minimum Gasteiger partial charge on any atom is -0.396 e. The van der Waals surface area contributed by atoms with Crippen LogP contribution < -0.4 is 16.6 Å². The predicted molar refractivity (Wildman–Crippen MR) is 140 cm³/mol. The number of aryl methyl sites for hydroxylation is 1. The van der Waals surface area contributed by atoms with E-state index in [2.05, 4.69) is 60.5 Å². The third kappa shape index (κ3) is 4.83. The van der Waals surface area contributed by atoms with Crippen LogP contribution in [0.2, 0.25) is 0 Å². The van der Waals surface area contributed by atoms with Crippen molar-refractivity contribution in [2.24, 2.45) is 0 Å². The lowest BCUT2D eigenvalue weighted by Crippen LogP contribution is -2.11. The Kier molecular flexibility index (Phi) is 6.86. The Morgan fingerprint density at radius 3 is 2.22 bits per heavy atom. The summed E-state index contributed by atoms with van der Waals surface area (Å²) in [6, 6.07) is 20.2. The molecule has 0 bridgehead atoms. The molecule has 4 aromatic rings. The molecule has 4 nitrogen and oxygen atoms in total. The van der Waals surface area contributed by atoms with Gasteiger partial charge in [0.15, 0.2) is 0 Å². The minimum absolute atomic E-state index is 0.681. The fourth-order valence-corrected chi connectivity index (χ4v) is 3.85. The summed E-state index contributed by atoms with van der Waals surface area (Å²) in [6.45, 7) is 4.24. The lowest BCUT2D eigenvalue weighted by Gasteiger charge is -2.15. The summed E-state index contributed by atoms with van der Waals surface area (Å²) in [5.74, 6) is 0.